The number of fused-ring (bicyclic) bond motifs is 3. The minimum absolute atomic E-state index is 0.338. The Hall–Kier alpha value is -2.58. The zero-order chi connectivity index (χ0) is 21.1. The Kier molecular flexibility index (Phi) is 4.27. The van der Waals surface area contributed by atoms with Crippen molar-refractivity contribution in [3.05, 3.63) is 33.6 Å². The summed E-state index contributed by atoms with van der Waals surface area (Å²) in [5.41, 5.74) is 1.82. The highest BCUT2D eigenvalue weighted by molar-refractivity contribution is 7.14. The number of nitrogens with zero attached hydrogens (tertiary/aromatic N) is 2. The molecule has 0 atom stereocenters. The van der Waals surface area contributed by atoms with Gasteiger partial charge in [0.05, 0.1) is 20.5 Å². The average Bonchev–Trinajstić information content (AvgIpc) is 3.54. The van der Waals surface area contributed by atoms with E-state index in [-0.39, 0.29) is 5.66 Å². The molecule has 1 saturated carbocycles. The molecule has 0 N–H and O–H groups in total. The van der Waals surface area contributed by atoms with E-state index in [2.05, 4.69) is 12.1 Å². The van der Waals surface area contributed by atoms with E-state index in [9.17, 15) is 0 Å². The molecule has 32 heavy (non-hydrogen) atoms. The normalized spacial score (nSPS) is 19.9. The van der Waals surface area contributed by atoms with Crippen LogP contribution in [0.25, 0.3) is 20.9 Å². The van der Waals surface area contributed by atoms with Crippen LogP contribution in [-0.2, 0) is 0 Å². The second-order valence-electron chi connectivity index (χ2n) is 8.53. The Bertz CT molecular complexity index is 1240. The number of hydrogen-bond donors (Lipinski definition) is 0. The van der Waals surface area contributed by atoms with Gasteiger partial charge < -0.3 is 18.9 Å². The maximum atomic E-state index is 6.00. The van der Waals surface area contributed by atoms with Crippen LogP contribution in [-0.4, -0.2) is 32.1 Å². The quantitative estimate of drug-likeness (QED) is 0.554. The van der Waals surface area contributed by atoms with E-state index in [1.165, 1.54) is 19.3 Å². The van der Waals surface area contributed by atoms with Crippen LogP contribution >= 0.6 is 22.7 Å². The first-order chi connectivity index (χ1) is 15.8. The maximum Gasteiger partial charge on any atom is 0.180 e. The molecule has 7 rings (SSSR count). The summed E-state index contributed by atoms with van der Waals surface area (Å²) in [6.45, 7) is 2.32. The molecule has 0 radical (unpaired) electrons. The van der Waals surface area contributed by atoms with Gasteiger partial charge in [0.25, 0.3) is 0 Å². The summed E-state index contributed by atoms with van der Waals surface area (Å²) in [6, 6.07) is 4.32. The second kappa shape index (κ2) is 7.22. The van der Waals surface area contributed by atoms with Gasteiger partial charge in [0.1, 0.15) is 26.4 Å². The average molecular weight is 467 g/mol. The summed E-state index contributed by atoms with van der Waals surface area (Å²) in [5, 5.41) is 6.02. The molecule has 1 aromatic carbocycles. The molecule has 4 aliphatic rings. The smallest absolute Gasteiger partial charge is 0.180 e. The maximum absolute atomic E-state index is 6.00. The van der Waals surface area contributed by atoms with E-state index < -0.39 is 0 Å². The third-order valence-electron chi connectivity index (χ3n) is 6.54. The minimum Gasteiger partial charge on any atom is -0.485 e. The predicted octanol–water partition coefficient (Wildman–Crippen LogP) is 4.60. The highest BCUT2D eigenvalue weighted by atomic mass is 32.1. The lowest BCUT2D eigenvalue weighted by Gasteiger charge is -2.27. The van der Waals surface area contributed by atoms with E-state index in [1.54, 1.807) is 22.7 Å². The molecule has 1 spiro atoms. The molecule has 0 amide bonds. The standard InChI is InChI=1S/C24H22N2O4S2/c1-2-6-24(7-3-1)25-18-14(22-20-16(12-31-22)27-8-10-29-20)4-5-15(19(18)26-24)23-21-17(13-32-23)28-9-11-30-21/h4-5,12-13H,1-3,6-11H2. The van der Waals surface area contributed by atoms with E-state index in [0.29, 0.717) is 26.4 Å². The lowest BCUT2D eigenvalue weighted by atomic mass is 9.90. The molecule has 0 saturated heterocycles. The monoisotopic (exact) mass is 466 g/mol. The largest absolute Gasteiger partial charge is 0.485 e. The van der Waals surface area contributed by atoms with Gasteiger partial charge in [-0.05, 0) is 25.7 Å². The molecule has 2 aromatic heterocycles. The Morgan fingerprint density at radius 3 is 1.69 bits per heavy atom. The first-order valence-corrected chi connectivity index (χ1v) is 12.9. The van der Waals surface area contributed by atoms with Crippen molar-refractivity contribution in [2.24, 2.45) is 9.98 Å². The van der Waals surface area contributed by atoms with Gasteiger partial charge in [-0.1, -0.05) is 18.6 Å². The Labute approximate surface area is 193 Å². The first-order valence-electron chi connectivity index (χ1n) is 11.2. The zero-order valence-electron chi connectivity index (χ0n) is 17.5. The fraction of sp³-hybridized carbons (Fsp3) is 0.417. The van der Waals surface area contributed by atoms with Crippen molar-refractivity contribution in [2.45, 2.75) is 37.8 Å². The lowest BCUT2D eigenvalue weighted by Crippen LogP contribution is -2.26. The molecule has 5 heterocycles. The van der Waals surface area contributed by atoms with Crippen LogP contribution < -0.4 is 29.7 Å². The van der Waals surface area contributed by atoms with E-state index in [0.717, 1.165) is 67.4 Å². The summed E-state index contributed by atoms with van der Waals surface area (Å²) < 4.78 is 23.6. The Balaban J connectivity index is 1.46. The second-order valence-corrected chi connectivity index (χ2v) is 10.3. The van der Waals surface area contributed by atoms with Crippen molar-refractivity contribution >= 4 is 22.7 Å². The fourth-order valence-electron chi connectivity index (χ4n) is 5.05. The SMILES string of the molecule is c1sc(-c2ccc(-c3scc4c3OCCO4)c3c2=NC2(CCCCC2)N=3)c2c1OCCO2. The Morgan fingerprint density at radius 2 is 1.16 bits per heavy atom. The van der Waals surface area contributed by atoms with Crippen LogP contribution in [0.1, 0.15) is 32.1 Å². The van der Waals surface area contributed by atoms with Crippen molar-refractivity contribution in [1.29, 1.82) is 0 Å². The van der Waals surface area contributed by atoms with Crippen LogP contribution in [0.5, 0.6) is 23.0 Å². The lowest BCUT2D eigenvalue weighted by molar-refractivity contribution is 0.174. The molecule has 3 aromatic rings. The van der Waals surface area contributed by atoms with Crippen molar-refractivity contribution in [2.75, 3.05) is 26.4 Å². The molecule has 1 aliphatic carbocycles. The Morgan fingerprint density at radius 1 is 0.656 bits per heavy atom. The number of benzene rings is 1. The van der Waals surface area contributed by atoms with Gasteiger partial charge in [0.2, 0.25) is 0 Å². The third-order valence-corrected chi connectivity index (χ3v) is 8.48. The van der Waals surface area contributed by atoms with E-state index in [4.69, 9.17) is 28.9 Å². The number of thiophene rings is 2. The van der Waals surface area contributed by atoms with Crippen LogP contribution in [0, 0.1) is 0 Å². The number of ether oxygens (including phenoxy) is 4. The topological polar surface area (TPSA) is 61.6 Å². The van der Waals surface area contributed by atoms with Crippen LogP contribution in [0.3, 0.4) is 0 Å². The summed E-state index contributed by atoms with van der Waals surface area (Å²) in [6.07, 6.45) is 5.61. The molecule has 0 bridgehead atoms. The first kappa shape index (κ1) is 18.9. The summed E-state index contributed by atoms with van der Waals surface area (Å²) in [4.78, 5) is 12.8. The molecule has 0 unspecified atom stereocenters. The molecule has 3 aliphatic heterocycles. The third kappa shape index (κ3) is 2.82. The van der Waals surface area contributed by atoms with Gasteiger partial charge in [-0.25, -0.2) is 0 Å². The van der Waals surface area contributed by atoms with Gasteiger partial charge in [-0.2, -0.15) is 0 Å². The molecule has 1 fully saturated rings. The van der Waals surface area contributed by atoms with Gasteiger partial charge in [-0.15, -0.1) is 22.7 Å². The van der Waals surface area contributed by atoms with Crippen molar-refractivity contribution in [1.82, 2.24) is 0 Å². The van der Waals surface area contributed by atoms with Gasteiger partial charge in [0.15, 0.2) is 28.7 Å². The number of rotatable bonds is 2. The summed E-state index contributed by atoms with van der Waals surface area (Å²) in [7, 11) is 0. The zero-order valence-corrected chi connectivity index (χ0v) is 19.2. The van der Waals surface area contributed by atoms with Crippen LogP contribution in [0.4, 0.5) is 0 Å². The highest BCUT2D eigenvalue weighted by Crippen LogP contribution is 2.47. The van der Waals surface area contributed by atoms with Crippen LogP contribution in [0.15, 0.2) is 32.9 Å². The van der Waals surface area contributed by atoms with Gasteiger partial charge in [-0.3, -0.25) is 9.98 Å². The van der Waals surface area contributed by atoms with Gasteiger partial charge >= 0.3 is 0 Å². The molecule has 164 valence electrons. The predicted molar refractivity (Wildman–Crippen MR) is 123 cm³/mol. The van der Waals surface area contributed by atoms with Crippen LogP contribution in [0.2, 0.25) is 0 Å². The van der Waals surface area contributed by atoms with Crippen molar-refractivity contribution in [3.8, 4) is 43.9 Å². The van der Waals surface area contributed by atoms with Crippen molar-refractivity contribution in [3.63, 3.8) is 0 Å². The van der Waals surface area contributed by atoms with Gasteiger partial charge in [0, 0.05) is 21.9 Å². The minimum atomic E-state index is -0.338. The van der Waals surface area contributed by atoms with E-state index >= 15 is 0 Å². The summed E-state index contributed by atoms with van der Waals surface area (Å²) in [5.74, 6) is 3.32. The fourth-order valence-corrected chi connectivity index (χ4v) is 6.97. The van der Waals surface area contributed by atoms with Crippen molar-refractivity contribution < 1.29 is 18.9 Å². The molecular formula is C24H22N2O4S2. The number of hydrogen-bond acceptors (Lipinski definition) is 8. The van der Waals surface area contributed by atoms with E-state index in [1.807, 2.05) is 10.8 Å². The highest BCUT2D eigenvalue weighted by Gasteiger charge is 2.35. The molecule has 8 heteroatoms. The molecule has 6 nitrogen and oxygen atoms in total. The molecular weight excluding hydrogens is 444 g/mol. The summed E-state index contributed by atoms with van der Waals surface area (Å²) >= 11 is 3.30.